The predicted molar refractivity (Wildman–Crippen MR) is 116 cm³/mol. The summed E-state index contributed by atoms with van der Waals surface area (Å²) in [4.78, 5) is 28.9. The van der Waals surface area contributed by atoms with Crippen LogP contribution in [0.5, 0.6) is 0 Å². The second-order valence-electron chi connectivity index (χ2n) is 7.61. The fraction of sp³-hybridized carbons (Fsp3) is 0.391. The molecule has 0 atom stereocenters. The first-order chi connectivity index (χ1) is 14.0. The van der Waals surface area contributed by atoms with Crippen molar-refractivity contribution < 1.29 is 9.59 Å². The Morgan fingerprint density at radius 3 is 2.59 bits per heavy atom. The number of nitrogens with one attached hydrogen (secondary N) is 2. The van der Waals surface area contributed by atoms with E-state index in [1.165, 1.54) is 11.1 Å². The fourth-order valence-electron chi connectivity index (χ4n) is 3.57. The van der Waals surface area contributed by atoms with Crippen molar-refractivity contribution in [1.82, 2.24) is 15.1 Å². The fourth-order valence-corrected chi connectivity index (χ4v) is 3.57. The highest BCUT2D eigenvalue weighted by atomic mass is 16.2. The van der Waals surface area contributed by atoms with Gasteiger partial charge in [-0.1, -0.05) is 36.4 Å². The van der Waals surface area contributed by atoms with E-state index in [2.05, 4.69) is 46.7 Å². The Labute approximate surface area is 172 Å². The Kier molecular flexibility index (Phi) is 7.25. The molecule has 6 nitrogen and oxygen atoms in total. The Balaban J connectivity index is 1.44. The summed E-state index contributed by atoms with van der Waals surface area (Å²) in [5, 5.41) is 5.44. The van der Waals surface area contributed by atoms with Crippen molar-refractivity contribution in [3.05, 3.63) is 65.2 Å². The van der Waals surface area contributed by atoms with Gasteiger partial charge in [0.1, 0.15) is 0 Å². The Morgan fingerprint density at radius 1 is 0.966 bits per heavy atom. The molecule has 2 aromatic rings. The van der Waals surface area contributed by atoms with Crippen molar-refractivity contribution in [3.63, 3.8) is 0 Å². The molecule has 3 rings (SSSR count). The Hall–Kier alpha value is -2.86. The first-order valence-corrected chi connectivity index (χ1v) is 10.2. The summed E-state index contributed by atoms with van der Waals surface area (Å²) in [6, 6.07) is 15.6. The highest BCUT2D eigenvalue weighted by Crippen LogP contribution is 2.13. The molecule has 0 saturated carbocycles. The number of aryl methyl sites for hydroxylation is 2. The molecule has 1 saturated heterocycles. The smallest absolute Gasteiger partial charge is 0.319 e. The van der Waals surface area contributed by atoms with Crippen molar-refractivity contribution in [2.45, 2.75) is 26.8 Å². The molecule has 1 heterocycles. The molecule has 1 aliphatic heterocycles. The minimum atomic E-state index is -0.361. The summed E-state index contributed by atoms with van der Waals surface area (Å²) >= 11 is 0. The quantitative estimate of drug-likeness (QED) is 0.819. The van der Waals surface area contributed by atoms with E-state index in [4.69, 9.17) is 0 Å². The number of nitrogens with zero attached hydrogens (tertiary/aromatic N) is 2. The highest BCUT2D eigenvalue weighted by Gasteiger charge is 2.20. The number of rotatable bonds is 5. The predicted octanol–water partition coefficient (Wildman–Crippen LogP) is 3.16. The van der Waals surface area contributed by atoms with Gasteiger partial charge in [-0.3, -0.25) is 9.69 Å². The molecule has 6 heteroatoms. The average molecular weight is 395 g/mol. The van der Waals surface area contributed by atoms with Crippen LogP contribution in [0.1, 0.15) is 23.1 Å². The zero-order valence-electron chi connectivity index (χ0n) is 17.3. The monoisotopic (exact) mass is 394 g/mol. The SMILES string of the molecule is Cc1cccc(NC(=O)NCC(=O)N2CCCN(Cc3ccccc3C)CC2)c1. The maximum Gasteiger partial charge on any atom is 0.319 e. The molecule has 154 valence electrons. The number of hydrogen-bond donors (Lipinski definition) is 2. The van der Waals surface area contributed by atoms with Crippen LogP contribution < -0.4 is 10.6 Å². The van der Waals surface area contributed by atoms with E-state index in [1.54, 1.807) is 0 Å². The maximum atomic E-state index is 12.5. The third-order valence-corrected chi connectivity index (χ3v) is 5.27. The lowest BCUT2D eigenvalue weighted by atomic mass is 10.1. The van der Waals surface area contributed by atoms with E-state index < -0.39 is 0 Å². The van der Waals surface area contributed by atoms with Crippen LogP contribution in [0.2, 0.25) is 0 Å². The maximum absolute atomic E-state index is 12.5. The van der Waals surface area contributed by atoms with Crippen LogP contribution in [0.15, 0.2) is 48.5 Å². The third kappa shape index (κ3) is 6.32. The van der Waals surface area contributed by atoms with Crippen molar-refractivity contribution in [3.8, 4) is 0 Å². The van der Waals surface area contributed by atoms with Gasteiger partial charge in [0, 0.05) is 38.4 Å². The molecule has 1 aliphatic rings. The standard InChI is InChI=1S/C23H30N4O2/c1-18-7-5-10-21(15-18)25-23(29)24-16-22(28)27-12-6-11-26(13-14-27)17-20-9-4-3-8-19(20)2/h3-5,7-10,15H,6,11-14,16-17H2,1-2H3,(H2,24,25,29). The van der Waals surface area contributed by atoms with Gasteiger partial charge < -0.3 is 15.5 Å². The summed E-state index contributed by atoms with van der Waals surface area (Å²) in [6.45, 7) is 8.25. The molecule has 1 fully saturated rings. The van der Waals surface area contributed by atoms with E-state index in [0.29, 0.717) is 6.54 Å². The van der Waals surface area contributed by atoms with Gasteiger partial charge in [0.2, 0.25) is 5.91 Å². The minimum Gasteiger partial charge on any atom is -0.340 e. The number of anilines is 1. The van der Waals surface area contributed by atoms with Crippen LogP contribution >= 0.6 is 0 Å². The van der Waals surface area contributed by atoms with Gasteiger partial charge in [-0.25, -0.2) is 4.79 Å². The summed E-state index contributed by atoms with van der Waals surface area (Å²) in [5.41, 5.74) is 4.42. The minimum absolute atomic E-state index is 0.00937. The number of carbonyl (C=O) groups is 2. The van der Waals surface area contributed by atoms with Gasteiger partial charge in [0.15, 0.2) is 0 Å². The average Bonchev–Trinajstić information content (AvgIpc) is 2.94. The van der Waals surface area contributed by atoms with Gasteiger partial charge in [-0.05, 0) is 49.1 Å². The van der Waals surface area contributed by atoms with Crippen LogP contribution in [0.3, 0.4) is 0 Å². The van der Waals surface area contributed by atoms with E-state index in [0.717, 1.165) is 43.9 Å². The first-order valence-electron chi connectivity index (χ1n) is 10.2. The van der Waals surface area contributed by atoms with Gasteiger partial charge in [-0.15, -0.1) is 0 Å². The number of carbonyl (C=O) groups excluding carboxylic acids is 2. The number of amides is 3. The van der Waals surface area contributed by atoms with Crippen LogP contribution in [-0.4, -0.2) is 54.5 Å². The zero-order chi connectivity index (χ0) is 20.6. The topological polar surface area (TPSA) is 64.7 Å². The van der Waals surface area contributed by atoms with E-state index in [9.17, 15) is 9.59 Å². The summed E-state index contributed by atoms with van der Waals surface area (Å²) in [6.07, 6.45) is 0.938. The molecule has 29 heavy (non-hydrogen) atoms. The first kappa shape index (κ1) is 20.9. The number of hydrogen-bond acceptors (Lipinski definition) is 3. The van der Waals surface area contributed by atoms with Gasteiger partial charge in [0.05, 0.1) is 6.54 Å². The molecule has 0 aliphatic carbocycles. The molecule has 0 radical (unpaired) electrons. The second kappa shape index (κ2) is 10.1. The van der Waals surface area contributed by atoms with Crippen molar-refractivity contribution >= 4 is 17.6 Å². The Bertz CT molecular complexity index is 852. The molecular weight excluding hydrogens is 364 g/mol. The molecule has 0 bridgehead atoms. The van der Waals surface area contributed by atoms with Crippen LogP contribution in [0.25, 0.3) is 0 Å². The normalized spacial score (nSPS) is 14.9. The van der Waals surface area contributed by atoms with Crippen molar-refractivity contribution in [2.24, 2.45) is 0 Å². The van der Waals surface area contributed by atoms with Gasteiger partial charge in [0.25, 0.3) is 0 Å². The second-order valence-corrected chi connectivity index (χ2v) is 7.61. The lowest BCUT2D eigenvalue weighted by Gasteiger charge is -2.22. The summed E-state index contributed by atoms with van der Waals surface area (Å²) in [5.74, 6) is -0.0397. The summed E-state index contributed by atoms with van der Waals surface area (Å²) < 4.78 is 0. The Morgan fingerprint density at radius 2 is 1.79 bits per heavy atom. The van der Waals surface area contributed by atoms with Crippen molar-refractivity contribution in [2.75, 3.05) is 38.0 Å². The van der Waals surface area contributed by atoms with E-state index >= 15 is 0 Å². The molecular formula is C23H30N4O2. The van der Waals surface area contributed by atoms with Crippen LogP contribution in [-0.2, 0) is 11.3 Å². The summed E-state index contributed by atoms with van der Waals surface area (Å²) in [7, 11) is 0. The van der Waals surface area contributed by atoms with Crippen LogP contribution in [0.4, 0.5) is 10.5 Å². The molecule has 0 spiro atoms. The van der Waals surface area contributed by atoms with Gasteiger partial charge >= 0.3 is 6.03 Å². The molecule has 2 N–H and O–H groups in total. The van der Waals surface area contributed by atoms with E-state index in [-0.39, 0.29) is 18.5 Å². The lowest BCUT2D eigenvalue weighted by Crippen LogP contribution is -2.43. The zero-order valence-corrected chi connectivity index (χ0v) is 17.3. The van der Waals surface area contributed by atoms with Crippen LogP contribution in [0, 0.1) is 13.8 Å². The molecule has 2 aromatic carbocycles. The largest absolute Gasteiger partial charge is 0.340 e. The molecule has 3 amide bonds. The van der Waals surface area contributed by atoms with Crippen molar-refractivity contribution in [1.29, 1.82) is 0 Å². The molecule has 0 unspecified atom stereocenters. The third-order valence-electron chi connectivity index (χ3n) is 5.27. The van der Waals surface area contributed by atoms with Gasteiger partial charge in [-0.2, -0.15) is 0 Å². The number of urea groups is 1. The molecule has 0 aromatic heterocycles. The lowest BCUT2D eigenvalue weighted by molar-refractivity contribution is -0.129. The highest BCUT2D eigenvalue weighted by molar-refractivity contribution is 5.92. The van der Waals surface area contributed by atoms with E-state index in [1.807, 2.05) is 36.1 Å². The number of benzene rings is 2.